The highest BCUT2D eigenvalue weighted by molar-refractivity contribution is 5.83. The molecule has 0 radical (unpaired) electrons. The van der Waals surface area contributed by atoms with E-state index in [0.717, 1.165) is 16.9 Å². The molecule has 0 fully saturated rings. The Kier molecular flexibility index (Phi) is 0.934. The van der Waals surface area contributed by atoms with Gasteiger partial charge in [-0.15, -0.1) is 0 Å². The average molecular weight is 132 g/mol. The fourth-order valence-electron chi connectivity index (χ4n) is 0.895. The molecule has 0 saturated carbocycles. The molecule has 0 unspecified atom stereocenters. The predicted octanol–water partition coefficient (Wildman–Crippen LogP) is 1.11. The van der Waals surface area contributed by atoms with Crippen molar-refractivity contribution in [2.45, 2.75) is 6.92 Å². The smallest absolute Gasteiger partial charge is 0.261 e. The molecule has 0 atom stereocenters. The van der Waals surface area contributed by atoms with E-state index in [4.69, 9.17) is 0 Å². The van der Waals surface area contributed by atoms with Gasteiger partial charge in [-0.2, -0.15) is 0 Å². The van der Waals surface area contributed by atoms with Gasteiger partial charge in [0.2, 0.25) is 0 Å². The van der Waals surface area contributed by atoms with Crippen molar-refractivity contribution in [2.75, 3.05) is 0 Å². The lowest BCUT2D eigenvalue weighted by atomic mass is 10.2. The van der Waals surface area contributed by atoms with Crippen molar-refractivity contribution in [1.82, 2.24) is 4.98 Å². The zero-order valence-electron chi connectivity index (χ0n) is 5.57. The van der Waals surface area contributed by atoms with Crippen LogP contribution in [-0.4, -0.2) is 16.0 Å². The monoisotopic (exact) mass is 132 g/mol. The highest BCUT2D eigenvalue weighted by atomic mass is 15.1. The van der Waals surface area contributed by atoms with Gasteiger partial charge in [0.15, 0.2) is 5.69 Å². The number of fused-ring (bicyclic) bond motifs is 1. The quantitative estimate of drug-likeness (QED) is 0.495. The number of hydrogen-bond donors (Lipinski definition) is 0. The first-order valence-corrected chi connectivity index (χ1v) is 3.07. The first kappa shape index (κ1) is 5.33. The van der Waals surface area contributed by atoms with Gasteiger partial charge >= 0.3 is 6.21 Å². The van der Waals surface area contributed by atoms with Crippen molar-refractivity contribution in [2.24, 2.45) is 5.11 Å². The largest absolute Gasteiger partial charge is 0.342 e. The van der Waals surface area contributed by atoms with E-state index in [1.54, 1.807) is 12.4 Å². The molecule has 0 aliphatic carbocycles. The second kappa shape index (κ2) is 1.75. The highest BCUT2D eigenvalue weighted by Crippen LogP contribution is 2.18. The van der Waals surface area contributed by atoms with Crippen LogP contribution in [0.2, 0.25) is 0 Å². The van der Waals surface area contributed by atoms with Gasteiger partial charge in [-0.25, -0.2) is 0 Å². The summed E-state index contributed by atoms with van der Waals surface area (Å²) >= 11 is 0. The van der Waals surface area contributed by atoms with Gasteiger partial charge in [-0.05, 0) is 13.0 Å². The van der Waals surface area contributed by atoms with Gasteiger partial charge in [0.1, 0.15) is 10.7 Å². The molecule has 48 valence electrons. The van der Waals surface area contributed by atoms with E-state index in [-0.39, 0.29) is 0 Å². The fourth-order valence-corrected chi connectivity index (χ4v) is 0.895. The van der Waals surface area contributed by atoms with Crippen molar-refractivity contribution in [3.05, 3.63) is 23.5 Å². The van der Waals surface area contributed by atoms with Crippen LogP contribution in [0, 0.1) is 6.92 Å². The summed E-state index contributed by atoms with van der Waals surface area (Å²) in [4.78, 5) is 7.85. The van der Waals surface area contributed by atoms with Crippen molar-refractivity contribution in [1.29, 1.82) is 0 Å². The minimum absolute atomic E-state index is 0.924. The third kappa shape index (κ3) is 0.650. The number of aryl methyl sites for hydroxylation is 1. The Bertz CT molecular complexity index is 335. The minimum Gasteiger partial charge on any atom is -0.261 e. The number of hydrogen-bond acceptors (Lipinski definition) is 2. The molecule has 3 nitrogen and oxygen atoms in total. The number of nitrogens with zero attached hydrogens (tertiary/aromatic N) is 3. The van der Waals surface area contributed by atoms with E-state index in [2.05, 4.69) is 14.9 Å². The summed E-state index contributed by atoms with van der Waals surface area (Å²) in [6.45, 7) is 1.94. The molecule has 1 aliphatic heterocycles. The molecule has 0 amide bonds. The molecule has 1 aromatic rings. The number of rotatable bonds is 0. The Morgan fingerprint density at radius 2 is 2.40 bits per heavy atom. The second-order valence-corrected chi connectivity index (χ2v) is 2.23. The lowest BCUT2D eigenvalue weighted by Gasteiger charge is -1.88. The topological polar surface area (TPSA) is 39.4 Å². The Morgan fingerprint density at radius 1 is 1.50 bits per heavy atom. The molecule has 0 bridgehead atoms. The molecule has 0 saturated heterocycles. The number of pyridine rings is 1. The Hall–Kier alpha value is -1.47. The molecule has 0 aromatic carbocycles. The SMILES string of the molecule is Cc1cc2c(cn1)C=[N+]=N2. The summed E-state index contributed by atoms with van der Waals surface area (Å²) in [5.41, 5.74) is 2.91. The molecule has 2 rings (SSSR count). The second-order valence-electron chi connectivity index (χ2n) is 2.23. The Balaban J connectivity index is 2.67. The van der Waals surface area contributed by atoms with E-state index in [0.29, 0.717) is 0 Å². The Labute approximate surface area is 58.2 Å². The molecule has 0 spiro atoms. The number of aromatic nitrogens is 1. The van der Waals surface area contributed by atoms with Crippen LogP contribution >= 0.6 is 0 Å². The molecular formula is C7H6N3+. The van der Waals surface area contributed by atoms with Gasteiger partial charge in [-0.3, -0.25) is 4.98 Å². The van der Waals surface area contributed by atoms with Crippen LogP contribution in [0.15, 0.2) is 17.4 Å². The maximum absolute atomic E-state index is 4.10. The standard InChI is InChI=1S/C7H6N3/c1-5-2-7-6(3-8-5)4-9-10-7/h2-4H,1H3/q+1. The molecule has 2 heterocycles. The van der Waals surface area contributed by atoms with Gasteiger partial charge in [0, 0.05) is 11.9 Å². The van der Waals surface area contributed by atoms with Gasteiger partial charge < -0.3 is 0 Å². The summed E-state index contributed by atoms with van der Waals surface area (Å²) in [5, 5.41) is 3.89. The summed E-state index contributed by atoms with van der Waals surface area (Å²) in [6, 6.07) is 1.92. The molecule has 3 heteroatoms. The lowest BCUT2D eigenvalue weighted by Crippen LogP contribution is -1.83. The third-order valence-corrected chi connectivity index (χ3v) is 1.41. The zero-order valence-corrected chi connectivity index (χ0v) is 5.57. The van der Waals surface area contributed by atoms with Crippen LogP contribution in [0.3, 0.4) is 0 Å². The average Bonchev–Trinajstić information content (AvgIpc) is 2.33. The van der Waals surface area contributed by atoms with E-state index in [9.17, 15) is 0 Å². The normalized spacial score (nSPS) is 12.1. The minimum atomic E-state index is 0.924. The molecule has 0 N–H and O–H groups in total. The van der Waals surface area contributed by atoms with Crippen LogP contribution < -0.4 is 0 Å². The molecule has 10 heavy (non-hydrogen) atoms. The van der Waals surface area contributed by atoms with Crippen molar-refractivity contribution >= 4 is 11.9 Å². The van der Waals surface area contributed by atoms with Gasteiger partial charge in [0.05, 0.1) is 4.79 Å². The zero-order chi connectivity index (χ0) is 6.97. The van der Waals surface area contributed by atoms with Crippen LogP contribution in [0.4, 0.5) is 5.69 Å². The van der Waals surface area contributed by atoms with Crippen LogP contribution in [0.1, 0.15) is 11.3 Å². The maximum atomic E-state index is 4.10. The molecule has 1 aliphatic rings. The summed E-state index contributed by atoms with van der Waals surface area (Å²) in [7, 11) is 0. The first-order chi connectivity index (χ1) is 4.86. The maximum Gasteiger partial charge on any atom is 0.342 e. The summed E-state index contributed by atoms with van der Waals surface area (Å²) in [6.07, 6.45) is 3.49. The lowest BCUT2D eigenvalue weighted by molar-refractivity contribution is -0.0634. The van der Waals surface area contributed by atoms with Crippen molar-refractivity contribution in [3.8, 4) is 0 Å². The van der Waals surface area contributed by atoms with Crippen LogP contribution in [-0.2, 0) is 0 Å². The molecular weight excluding hydrogens is 126 g/mol. The van der Waals surface area contributed by atoms with E-state index >= 15 is 0 Å². The summed E-state index contributed by atoms with van der Waals surface area (Å²) in [5.74, 6) is 0. The van der Waals surface area contributed by atoms with Crippen molar-refractivity contribution < 1.29 is 4.79 Å². The van der Waals surface area contributed by atoms with E-state index in [1.165, 1.54) is 0 Å². The van der Waals surface area contributed by atoms with Crippen LogP contribution in [0.25, 0.3) is 0 Å². The van der Waals surface area contributed by atoms with E-state index < -0.39 is 0 Å². The first-order valence-electron chi connectivity index (χ1n) is 3.07. The predicted molar refractivity (Wildman–Crippen MR) is 36.5 cm³/mol. The highest BCUT2D eigenvalue weighted by Gasteiger charge is 2.12. The molecule has 1 aromatic heterocycles. The van der Waals surface area contributed by atoms with Crippen LogP contribution in [0.5, 0.6) is 0 Å². The van der Waals surface area contributed by atoms with Crippen molar-refractivity contribution in [3.63, 3.8) is 0 Å². The summed E-state index contributed by atoms with van der Waals surface area (Å²) < 4.78 is 0. The van der Waals surface area contributed by atoms with Gasteiger partial charge in [-0.1, -0.05) is 0 Å². The van der Waals surface area contributed by atoms with Gasteiger partial charge in [0.25, 0.3) is 0 Å². The Morgan fingerprint density at radius 3 is 3.30 bits per heavy atom. The van der Waals surface area contributed by atoms with E-state index in [1.807, 2.05) is 13.0 Å². The third-order valence-electron chi connectivity index (χ3n) is 1.41. The fraction of sp³-hybridized carbons (Fsp3) is 0.143.